The topological polar surface area (TPSA) is 15.3 Å². The molecule has 0 aromatic heterocycles. The summed E-state index contributed by atoms with van der Waals surface area (Å²) in [5.74, 6) is 0. The van der Waals surface area contributed by atoms with Crippen molar-refractivity contribution in [3.63, 3.8) is 0 Å². The molecule has 0 unspecified atom stereocenters. The van der Waals surface area contributed by atoms with Crippen LogP contribution in [-0.4, -0.2) is 32.1 Å². The molecule has 0 aromatic carbocycles. The third-order valence-corrected chi connectivity index (χ3v) is 1.29. The third-order valence-electron chi connectivity index (χ3n) is 1.29. The van der Waals surface area contributed by atoms with Gasteiger partial charge >= 0.3 is 0 Å². The molecule has 1 rings (SSSR count). The van der Waals surface area contributed by atoms with Gasteiger partial charge in [0.15, 0.2) is 0 Å². The van der Waals surface area contributed by atoms with Gasteiger partial charge in [0.05, 0.1) is 6.04 Å². The standard InChI is InChI=1S/C5H11N2/c1-7(2)5-3-6-4-5/h6H,3-4H2,1-2H3. The van der Waals surface area contributed by atoms with E-state index in [9.17, 15) is 0 Å². The lowest BCUT2D eigenvalue weighted by atomic mass is 10.2. The third kappa shape index (κ3) is 0.924. The summed E-state index contributed by atoms with van der Waals surface area (Å²) in [7, 11) is 4.16. The first-order valence-electron chi connectivity index (χ1n) is 2.53. The first-order chi connectivity index (χ1) is 3.30. The minimum Gasteiger partial charge on any atom is -0.313 e. The summed E-state index contributed by atoms with van der Waals surface area (Å²) in [6.07, 6.45) is 0. The minimum absolute atomic E-state index is 1.09. The summed E-state index contributed by atoms with van der Waals surface area (Å²) in [5.41, 5.74) is 0. The van der Waals surface area contributed by atoms with Crippen molar-refractivity contribution in [3.8, 4) is 0 Å². The quantitative estimate of drug-likeness (QED) is 0.485. The summed E-state index contributed by atoms with van der Waals surface area (Å²) in [6.45, 7) is 2.18. The van der Waals surface area contributed by atoms with Crippen LogP contribution < -0.4 is 5.32 Å². The molecule has 0 spiro atoms. The zero-order chi connectivity index (χ0) is 5.28. The van der Waals surface area contributed by atoms with E-state index in [1.54, 1.807) is 0 Å². The first kappa shape index (κ1) is 5.06. The van der Waals surface area contributed by atoms with Crippen molar-refractivity contribution < 1.29 is 0 Å². The molecule has 1 radical (unpaired) electrons. The van der Waals surface area contributed by atoms with Crippen LogP contribution in [0.15, 0.2) is 0 Å². The van der Waals surface area contributed by atoms with E-state index in [1.165, 1.54) is 6.04 Å². The maximum Gasteiger partial charge on any atom is 0.0663 e. The van der Waals surface area contributed by atoms with E-state index in [4.69, 9.17) is 0 Å². The molecule has 0 atom stereocenters. The predicted octanol–water partition coefficient (Wildman–Crippen LogP) is -0.317. The Morgan fingerprint density at radius 3 is 2.00 bits per heavy atom. The van der Waals surface area contributed by atoms with Crippen molar-refractivity contribution in [1.82, 2.24) is 10.2 Å². The number of nitrogens with zero attached hydrogens (tertiary/aromatic N) is 1. The Hall–Kier alpha value is -0.0800. The Morgan fingerprint density at radius 2 is 2.00 bits per heavy atom. The number of hydrogen-bond acceptors (Lipinski definition) is 2. The summed E-state index contributed by atoms with van der Waals surface area (Å²) in [5, 5.41) is 3.16. The molecular weight excluding hydrogens is 88.1 g/mol. The molecule has 41 valence electrons. The average molecular weight is 99.2 g/mol. The molecule has 2 heteroatoms. The molecule has 0 saturated carbocycles. The van der Waals surface area contributed by atoms with Crippen molar-refractivity contribution in [2.24, 2.45) is 0 Å². The van der Waals surface area contributed by atoms with Crippen molar-refractivity contribution in [2.45, 2.75) is 0 Å². The molecule has 7 heavy (non-hydrogen) atoms. The molecule has 1 aliphatic heterocycles. The Labute approximate surface area is 44.5 Å². The number of hydrogen-bond donors (Lipinski definition) is 1. The Morgan fingerprint density at radius 1 is 1.43 bits per heavy atom. The summed E-state index contributed by atoms with van der Waals surface area (Å²) in [4.78, 5) is 2.16. The highest BCUT2D eigenvalue weighted by atomic mass is 15.2. The molecule has 0 amide bonds. The molecule has 1 N–H and O–H groups in total. The van der Waals surface area contributed by atoms with E-state index in [1.807, 2.05) is 0 Å². The largest absolute Gasteiger partial charge is 0.313 e. The highest BCUT2D eigenvalue weighted by molar-refractivity contribution is 4.99. The van der Waals surface area contributed by atoms with Crippen LogP contribution in [0.4, 0.5) is 0 Å². The minimum atomic E-state index is 1.09. The van der Waals surface area contributed by atoms with Crippen LogP contribution in [-0.2, 0) is 0 Å². The molecular formula is C5H11N2. The van der Waals surface area contributed by atoms with E-state index >= 15 is 0 Å². The molecule has 1 aliphatic rings. The van der Waals surface area contributed by atoms with E-state index in [2.05, 4.69) is 24.3 Å². The van der Waals surface area contributed by atoms with Gasteiger partial charge in [-0.05, 0) is 14.1 Å². The monoisotopic (exact) mass is 99.1 g/mol. The normalized spacial score (nSPS) is 22.7. The molecule has 1 heterocycles. The lowest BCUT2D eigenvalue weighted by Gasteiger charge is -2.31. The van der Waals surface area contributed by atoms with Gasteiger partial charge in [0, 0.05) is 13.1 Å². The fraction of sp³-hybridized carbons (Fsp3) is 0.800. The number of nitrogens with one attached hydrogen (secondary N) is 1. The molecule has 1 saturated heterocycles. The van der Waals surface area contributed by atoms with Crippen molar-refractivity contribution in [3.05, 3.63) is 6.04 Å². The van der Waals surface area contributed by atoms with Crippen LogP contribution >= 0.6 is 0 Å². The van der Waals surface area contributed by atoms with Gasteiger partial charge in [-0.25, -0.2) is 0 Å². The second-order valence-corrected chi connectivity index (χ2v) is 2.06. The highest BCUT2D eigenvalue weighted by Crippen LogP contribution is 2.06. The first-order valence-corrected chi connectivity index (χ1v) is 2.53. The van der Waals surface area contributed by atoms with Gasteiger partial charge in [-0.2, -0.15) is 0 Å². The number of rotatable bonds is 1. The lowest BCUT2D eigenvalue weighted by molar-refractivity contribution is 0.323. The van der Waals surface area contributed by atoms with Gasteiger partial charge in [0.2, 0.25) is 0 Å². The van der Waals surface area contributed by atoms with E-state index in [0.29, 0.717) is 0 Å². The van der Waals surface area contributed by atoms with Crippen LogP contribution in [0.2, 0.25) is 0 Å². The smallest absolute Gasteiger partial charge is 0.0663 e. The van der Waals surface area contributed by atoms with Crippen LogP contribution in [0, 0.1) is 6.04 Å². The second-order valence-electron chi connectivity index (χ2n) is 2.06. The van der Waals surface area contributed by atoms with Gasteiger partial charge in [-0.15, -0.1) is 0 Å². The summed E-state index contributed by atoms with van der Waals surface area (Å²) >= 11 is 0. The van der Waals surface area contributed by atoms with Crippen molar-refractivity contribution in [2.75, 3.05) is 27.2 Å². The lowest BCUT2D eigenvalue weighted by Crippen LogP contribution is -2.47. The van der Waals surface area contributed by atoms with E-state index < -0.39 is 0 Å². The number of likely N-dealkylation sites (N-methyl/N-ethyl adjacent to an activating group) is 1. The summed E-state index contributed by atoms with van der Waals surface area (Å²) in [6, 6.07) is 1.50. The fourth-order valence-electron chi connectivity index (χ4n) is 0.553. The molecule has 2 nitrogen and oxygen atoms in total. The second kappa shape index (κ2) is 1.80. The maximum atomic E-state index is 3.16. The Balaban J connectivity index is 2.14. The van der Waals surface area contributed by atoms with Crippen LogP contribution in [0.1, 0.15) is 0 Å². The van der Waals surface area contributed by atoms with Gasteiger partial charge in [0.1, 0.15) is 0 Å². The zero-order valence-corrected chi connectivity index (χ0v) is 4.86. The molecule has 0 aliphatic carbocycles. The zero-order valence-electron chi connectivity index (χ0n) is 4.86. The molecule has 0 bridgehead atoms. The average Bonchev–Trinajstić information content (AvgIpc) is 1.23. The predicted molar refractivity (Wildman–Crippen MR) is 29.8 cm³/mol. The van der Waals surface area contributed by atoms with E-state index in [0.717, 1.165) is 13.1 Å². The fourth-order valence-corrected chi connectivity index (χ4v) is 0.553. The van der Waals surface area contributed by atoms with E-state index in [-0.39, 0.29) is 0 Å². The Bertz CT molecular complexity index is 57.1. The van der Waals surface area contributed by atoms with Crippen molar-refractivity contribution >= 4 is 0 Å². The SMILES string of the molecule is CN(C)[C]1CNC1. The Kier molecular flexibility index (Phi) is 1.30. The molecule has 1 fully saturated rings. The maximum absolute atomic E-state index is 3.16. The molecule has 0 aromatic rings. The van der Waals surface area contributed by atoms with Gasteiger partial charge in [-0.3, -0.25) is 4.90 Å². The van der Waals surface area contributed by atoms with Crippen LogP contribution in [0.5, 0.6) is 0 Å². The van der Waals surface area contributed by atoms with Crippen LogP contribution in [0.25, 0.3) is 0 Å². The van der Waals surface area contributed by atoms with Gasteiger partial charge < -0.3 is 5.32 Å². The van der Waals surface area contributed by atoms with Crippen LogP contribution in [0.3, 0.4) is 0 Å². The van der Waals surface area contributed by atoms with Crippen molar-refractivity contribution in [1.29, 1.82) is 0 Å². The van der Waals surface area contributed by atoms with Gasteiger partial charge in [0.25, 0.3) is 0 Å². The highest BCUT2D eigenvalue weighted by Gasteiger charge is 2.18. The summed E-state index contributed by atoms with van der Waals surface area (Å²) < 4.78 is 0. The van der Waals surface area contributed by atoms with Gasteiger partial charge in [-0.1, -0.05) is 0 Å².